The van der Waals surface area contributed by atoms with Gasteiger partial charge < -0.3 is 14.8 Å². The molecule has 1 amide bonds. The fourth-order valence-electron chi connectivity index (χ4n) is 4.10. The minimum absolute atomic E-state index is 0.0694. The molecule has 0 radical (unpaired) electrons. The van der Waals surface area contributed by atoms with Gasteiger partial charge in [0.15, 0.2) is 0 Å². The van der Waals surface area contributed by atoms with Crippen LogP contribution >= 0.6 is 0 Å². The molecule has 0 aromatic carbocycles. The van der Waals surface area contributed by atoms with Gasteiger partial charge in [0, 0.05) is 25.6 Å². The van der Waals surface area contributed by atoms with E-state index < -0.39 is 0 Å². The van der Waals surface area contributed by atoms with Crippen molar-refractivity contribution in [2.24, 2.45) is 5.92 Å². The lowest BCUT2D eigenvalue weighted by Gasteiger charge is -2.32. The van der Waals surface area contributed by atoms with E-state index in [9.17, 15) is 4.79 Å². The largest absolute Gasteiger partial charge is 0.338 e. The predicted octanol–water partition coefficient (Wildman–Crippen LogP) is 1.36. The highest BCUT2D eigenvalue weighted by atomic mass is 16.2. The van der Waals surface area contributed by atoms with Crippen molar-refractivity contribution in [1.29, 1.82) is 0 Å². The molecule has 140 valence electrons. The van der Waals surface area contributed by atoms with Crippen molar-refractivity contribution >= 4 is 5.91 Å². The summed E-state index contributed by atoms with van der Waals surface area (Å²) in [6.45, 7) is 4.57. The molecule has 1 unspecified atom stereocenters. The lowest BCUT2D eigenvalue weighted by Crippen LogP contribution is -2.41. The molecule has 26 heavy (non-hydrogen) atoms. The normalized spacial score (nSPS) is 22.7. The summed E-state index contributed by atoms with van der Waals surface area (Å²) in [7, 11) is 2.15. The van der Waals surface area contributed by atoms with Crippen molar-refractivity contribution in [2.75, 3.05) is 33.2 Å². The maximum absolute atomic E-state index is 12.9. The van der Waals surface area contributed by atoms with Crippen molar-refractivity contribution < 1.29 is 4.79 Å². The molecule has 2 fully saturated rings. The zero-order chi connectivity index (χ0) is 17.9. The summed E-state index contributed by atoms with van der Waals surface area (Å²) in [5, 5.41) is 4.18. The molecule has 2 aliphatic rings. The van der Waals surface area contributed by atoms with Gasteiger partial charge in [-0.15, -0.1) is 0 Å². The molecular weight excluding hydrogens is 330 g/mol. The highest BCUT2D eigenvalue weighted by molar-refractivity contribution is 5.92. The number of amides is 1. The number of likely N-dealkylation sites (tertiary alicyclic amines) is 2. The van der Waals surface area contributed by atoms with E-state index in [-0.39, 0.29) is 5.91 Å². The highest BCUT2D eigenvalue weighted by Crippen LogP contribution is 2.26. The standard InChI is InChI=1S/C18H27N7O/c1-23-7-4-15(5-8-23)17-20-9-16(22-17)18(26)24-6-2-3-14(10-24)11-25-13-19-12-21-25/h9,12-15H,2-8,10-11H2,1H3,(H,20,22). The van der Waals surface area contributed by atoms with E-state index in [4.69, 9.17) is 0 Å². The van der Waals surface area contributed by atoms with Crippen molar-refractivity contribution in [3.8, 4) is 0 Å². The first kappa shape index (κ1) is 17.2. The molecule has 1 N–H and O–H groups in total. The maximum atomic E-state index is 12.9. The summed E-state index contributed by atoms with van der Waals surface area (Å²) in [4.78, 5) is 29.0. The average Bonchev–Trinajstić information content (AvgIpc) is 3.34. The fraction of sp³-hybridized carbons (Fsp3) is 0.667. The van der Waals surface area contributed by atoms with E-state index in [2.05, 4.69) is 32.0 Å². The SMILES string of the molecule is CN1CCC(c2ncc(C(=O)N3CCCC(Cn4cncn4)C3)[nH]2)CC1. The van der Waals surface area contributed by atoms with Crippen LogP contribution in [-0.4, -0.2) is 73.7 Å². The number of hydrogen-bond acceptors (Lipinski definition) is 5. The molecule has 0 saturated carbocycles. The summed E-state index contributed by atoms with van der Waals surface area (Å²) in [5.41, 5.74) is 0.625. The molecule has 4 heterocycles. The fourth-order valence-corrected chi connectivity index (χ4v) is 4.10. The van der Waals surface area contributed by atoms with Crippen LogP contribution in [0.1, 0.15) is 47.9 Å². The number of nitrogens with one attached hydrogen (secondary N) is 1. The minimum Gasteiger partial charge on any atom is -0.338 e. The summed E-state index contributed by atoms with van der Waals surface area (Å²) in [6.07, 6.45) is 9.36. The molecule has 4 rings (SSSR count). The Hall–Kier alpha value is -2.22. The van der Waals surface area contributed by atoms with E-state index in [0.717, 1.165) is 64.2 Å². The van der Waals surface area contributed by atoms with Gasteiger partial charge in [-0.2, -0.15) is 5.10 Å². The molecule has 2 aromatic heterocycles. The van der Waals surface area contributed by atoms with Crippen molar-refractivity contribution in [3.63, 3.8) is 0 Å². The Labute approximate surface area is 153 Å². The van der Waals surface area contributed by atoms with Crippen molar-refractivity contribution in [3.05, 3.63) is 30.4 Å². The van der Waals surface area contributed by atoms with Crippen LogP contribution in [0.5, 0.6) is 0 Å². The van der Waals surface area contributed by atoms with E-state index >= 15 is 0 Å². The molecule has 8 nitrogen and oxygen atoms in total. The second kappa shape index (κ2) is 7.57. The number of rotatable bonds is 4. The van der Waals surface area contributed by atoms with Crippen molar-refractivity contribution in [2.45, 2.75) is 38.1 Å². The first-order chi connectivity index (χ1) is 12.7. The summed E-state index contributed by atoms with van der Waals surface area (Å²) in [5.74, 6) is 1.90. The van der Waals surface area contributed by atoms with Gasteiger partial charge in [0.05, 0.1) is 6.20 Å². The Morgan fingerprint density at radius 1 is 1.27 bits per heavy atom. The zero-order valence-corrected chi connectivity index (χ0v) is 15.3. The lowest BCUT2D eigenvalue weighted by atomic mass is 9.96. The topological polar surface area (TPSA) is 82.9 Å². The van der Waals surface area contributed by atoms with Crippen LogP contribution in [0.15, 0.2) is 18.9 Å². The van der Waals surface area contributed by atoms with Gasteiger partial charge in [-0.3, -0.25) is 9.48 Å². The van der Waals surface area contributed by atoms with Gasteiger partial charge in [-0.25, -0.2) is 9.97 Å². The molecule has 1 atom stereocenters. The molecular formula is C18H27N7O. The predicted molar refractivity (Wildman–Crippen MR) is 96.7 cm³/mol. The van der Waals surface area contributed by atoms with Crippen LogP contribution in [0.3, 0.4) is 0 Å². The quantitative estimate of drug-likeness (QED) is 0.893. The Morgan fingerprint density at radius 2 is 2.12 bits per heavy atom. The van der Waals surface area contributed by atoms with Gasteiger partial charge in [-0.1, -0.05) is 0 Å². The molecule has 8 heteroatoms. The monoisotopic (exact) mass is 357 g/mol. The van der Waals surface area contributed by atoms with Crippen LogP contribution in [0, 0.1) is 5.92 Å². The number of aromatic nitrogens is 5. The third-order valence-electron chi connectivity index (χ3n) is 5.65. The summed E-state index contributed by atoms with van der Waals surface area (Å²) >= 11 is 0. The zero-order valence-electron chi connectivity index (χ0n) is 15.3. The maximum Gasteiger partial charge on any atom is 0.271 e. The molecule has 0 bridgehead atoms. The van der Waals surface area contributed by atoms with Gasteiger partial charge in [0.2, 0.25) is 0 Å². The molecule has 0 spiro atoms. The van der Waals surface area contributed by atoms with Gasteiger partial charge in [0.1, 0.15) is 24.2 Å². The Kier molecular flexibility index (Phi) is 5.01. The van der Waals surface area contributed by atoms with E-state index in [1.807, 2.05) is 9.58 Å². The van der Waals surface area contributed by atoms with Gasteiger partial charge in [0.25, 0.3) is 5.91 Å². The smallest absolute Gasteiger partial charge is 0.271 e. The summed E-state index contributed by atoms with van der Waals surface area (Å²) < 4.78 is 1.85. The Morgan fingerprint density at radius 3 is 2.88 bits per heavy atom. The molecule has 2 aromatic rings. The second-order valence-electron chi connectivity index (χ2n) is 7.64. The van der Waals surface area contributed by atoms with E-state index in [1.54, 1.807) is 18.9 Å². The van der Waals surface area contributed by atoms with Crippen LogP contribution in [-0.2, 0) is 6.54 Å². The number of carbonyl (C=O) groups excluding carboxylic acids is 1. The Bertz CT molecular complexity index is 718. The van der Waals surface area contributed by atoms with Crippen LogP contribution in [0.25, 0.3) is 0 Å². The number of imidazole rings is 1. The Balaban J connectivity index is 1.37. The molecule has 2 aliphatic heterocycles. The van der Waals surface area contributed by atoms with Crippen LogP contribution < -0.4 is 0 Å². The average molecular weight is 357 g/mol. The number of H-pyrrole nitrogens is 1. The lowest BCUT2D eigenvalue weighted by molar-refractivity contribution is 0.0654. The highest BCUT2D eigenvalue weighted by Gasteiger charge is 2.27. The first-order valence-electron chi connectivity index (χ1n) is 9.54. The first-order valence-corrected chi connectivity index (χ1v) is 9.54. The van der Waals surface area contributed by atoms with Gasteiger partial charge in [-0.05, 0) is 51.7 Å². The van der Waals surface area contributed by atoms with Crippen molar-refractivity contribution in [1.82, 2.24) is 34.5 Å². The summed E-state index contributed by atoms with van der Waals surface area (Å²) in [6, 6.07) is 0. The van der Waals surface area contributed by atoms with Gasteiger partial charge >= 0.3 is 0 Å². The number of hydrogen-bond donors (Lipinski definition) is 1. The number of aromatic amines is 1. The number of piperidine rings is 2. The minimum atomic E-state index is 0.0694. The van der Waals surface area contributed by atoms with Crippen LogP contribution in [0.2, 0.25) is 0 Å². The van der Waals surface area contributed by atoms with Crippen LogP contribution in [0.4, 0.5) is 0 Å². The molecule has 0 aliphatic carbocycles. The number of nitrogens with zero attached hydrogens (tertiary/aromatic N) is 6. The molecule has 2 saturated heterocycles. The second-order valence-corrected chi connectivity index (χ2v) is 7.64. The van der Waals surface area contributed by atoms with E-state index in [0.29, 0.717) is 17.5 Å². The third-order valence-corrected chi connectivity index (χ3v) is 5.65. The number of carbonyl (C=O) groups is 1. The van der Waals surface area contributed by atoms with E-state index in [1.165, 1.54) is 0 Å². The third kappa shape index (κ3) is 3.80.